The van der Waals surface area contributed by atoms with E-state index in [-0.39, 0.29) is 61.9 Å². The average Bonchev–Trinajstić information content (AvgIpc) is 3.00. The van der Waals surface area contributed by atoms with Crippen LogP contribution in [0.1, 0.15) is 55.9 Å². The van der Waals surface area contributed by atoms with E-state index in [1.165, 1.54) is 0 Å². The maximum Gasteiger partial charge on any atom is 2.00 e. The van der Waals surface area contributed by atoms with Crippen LogP contribution in [0.25, 0.3) is 16.9 Å². The number of methoxy groups -OCH3 is 1. The number of Topliss-reactive ketones (excluding diaryl/α,β-unsaturated/α-hetero) is 2. The Kier molecular flexibility index (Phi) is 10.6. The van der Waals surface area contributed by atoms with Gasteiger partial charge in [0, 0.05) is 29.0 Å². The van der Waals surface area contributed by atoms with Crippen molar-refractivity contribution in [2.24, 2.45) is 28.7 Å². The third-order valence-corrected chi connectivity index (χ3v) is 10.5. The first-order chi connectivity index (χ1) is 22.0. The summed E-state index contributed by atoms with van der Waals surface area (Å²) in [5.74, 6) is -5.11. The molecule has 0 aliphatic heterocycles. The first-order valence-electron chi connectivity index (χ1n) is 15.9. The van der Waals surface area contributed by atoms with Gasteiger partial charge in [-0.25, -0.2) is 0 Å². The van der Waals surface area contributed by atoms with Gasteiger partial charge in [0.2, 0.25) is 5.78 Å². The number of fused-ring (bicyclic) bond motifs is 3. The summed E-state index contributed by atoms with van der Waals surface area (Å²) in [6, 6.07) is 9.62. The van der Waals surface area contributed by atoms with E-state index >= 15 is 0 Å². The zero-order valence-corrected chi connectivity index (χ0v) is 32.4. The minimum atomic E-state index is -2.73. The number of aliphatic hydroxyl groups is 3. The van der Waals surface area contributed by atoms with Crippen LogP contribution in [-0.2, 0) is 27.3 Å². The van der Waals surface area contributed by atoms with Gasteiger partial charge in [-0.1, -0.05) is 39.0 Å². The SMILES string of the molecule is [CH2-]CN(C[CH2-])Cc1ccc(OC)c(-c2ccc(C)c3c2CC2(N)CC4(C)C(CC(C)C)C(=O)C(C(N)=O)=C(O)[C@@]4(O)C(=O)C2=C3O)c1.[U+2]. The molecule has 3 unspecified atom stereocenters. The molecule has 0 spiro atoms. The second-order valence-corrected chi connectivity index (χ2v) is 13.9. The van der Waals surface area contributed by atoms with Gasteiger partial charge in [-0.3, -0.25) is 14.4 Å². The minimum Gasteiger partial charge on any atom is -0.508 e. The van der Waals surface area contributed by atoms with E-state index in [4.69, 9.17) is 16.2 Å². The van der Waals surface area contributed by atoms with Crippen LogP contribution >= 0.6 is 0 Å². The molecule has 2 aromatic rings. The van der Waals surface area contributed by atoms with E-state index in [2.05, 4.69) is 18.7 Å². The Labute approximate surface area is 306 Å². The van der Waals surface area contributed by atoms with Crippen molar-refractivity contribution in [1.82, 2.24) is 4.90 Å². The first-order valence-corrected chi connectivity index (χ1v) is 15.9. The second-order valence-electron chi connectivity index (χ2n) is 13.9. The summed E-state index contributed by atoms with van der Waals surface area (Å²) >= 11 is 0. The van der Waals surface area contributed by atoms with E-state index < -0.39 is 57.0 Å². The Balaban J connectivity index is 0.00000520. The van der Waals surface area contributed by atoms with Gasteiger partial charge in [-0.2, -0.15) is 0 Å². The van der Waals surface area contributed by atoms with Crippen molar-refractivity contribution < 1.29 is 65.6 Å². The van der Waals surface area contributed by atoms with Crippen molar-refractivity contribution in [3.05, 3.63) is 83.3 Å². The molecule has 1 amide bonds. The predicted molar refractivity (Wildman–Crippen MR) is 179 cm³/mol. The number of ketones is 2. The Morgan fingerprint density at radius 1 is 1.12 bits per heavy atom. The van der Waals surface area contributed by atoms with Crippen molar-refractivity contribution >= 4 is 23.2 Å². The third kappa shape index (κ3) is 5.56. The molecule has 0 bridgehead atoms. The zero-order chi connectivity index (χ0) is 34.8. The monoisotopic (exact) mass is 881 g/mol. The standard InChI is InChI=1S/C37H45N3O7.U/c1-8-40(9-2)17-21-11-13-26(47-7)23(15-21)22-12-10-20(5)27-24(22)16-36(39)18-35(6)25(14-19(3)4)30(41)28(34(38)45)32(43)37(35,46)33(44)29(36)31(27)42;/h10-13,15,19,25,42-43,46H,1-2,8-9,14,16-18,39H2,3-7H3,(H2,38,45);/q-2;+2/t25?,35?,36?,37-;/m1./s1. The second kappa shape index (κ2) is 13.4. The van der Waals surface area contributed by atoms with E-state index in [0.29, 0.717) is 42.1 Å². The molecule has 0 saturated heterocycles. The number of hydrogen-bond acceptors (Lipinski definition) is 9. The molecule has 48 heavy (non-hydrogen) atoms. The van der Waals surface area contributed by atoms with Crippen LogP contribution in [0.15, 0.2) is 47.2 Å². The van der Waals surface area contributed by atoms with Crippen molar-refractivity contribution in [3.63, 3.8) is 0 Å². The van der Waals surface area contributed by atoms with Gasteiger partial charge >= 0.3 is 31.1 Å². The maximum absolute atomic E-state index is 14.6. The number of amides is 1. The third-order valence-electron chi connectivity index (χ3n) is 10.5. The number of carbonyl (C=O) groups is 3. The Morgan fingerprint density at radius 3 is 2.33 bits per heavy atom. The molecule has 0 radical (unpaired) electrons. The summed E-state index contributed by atoms with van der Waals surface area (Å²) in [6.45, 7) is 16.8. The summed E-state index contributed by atoms with van der Waals surface area (Å²) in [5.41, 5.74) is 9.94. The molecule has 254 valence electrons. The van der Waals surface area contributed by atoms with Crippen molar-refractivity contribution in [1.29, 1.82) is 0 Å². The molecule has 3 aliphatic carbocycles. The van der Waals surface area contributed by atoms with Gasteiger partial charge in [0.15, 0.2) is 11.4 Å². The van der Waals surface area contributed by atoms with Gasteiger partial charge in [0.05, 0.1) is 18.2 Å². The molecular weight excluding hydrogens is 836 g/mol. The molecular formula is C37H45N3O7U. The molecule has 0 aromatic heterocycles. The number of nitrogens with two attached hydrogens (primary N) is 2. The number of benzene rings is 2. The fourth-order valence-corrected chi connectivity index (χ4v) is 8.19. The first kappa shape index (κ1) is 37.9. The van der Waals surface area contributed by atoms with Gasteiger partial charge in [-0.05, 0) is 66.5 Å². The molecule has 11 heteroatoms. The Morgan fingerprint density at radius 2 is 1.77 bits per heavy atom. The largest absolute Gasteiger partial charge is 2.00 e. The van der Waals surface area contributed by atoms with Gasteiger partial charge in [-0.15, -0.1) is 13.1 Å². The molecule has 0 heterocycles. The topological polar surface area (TPSA) is 176 Å². The van der Waals surface area contributed by atoms with E-state index in [1.807, 2.05) is 44.2 Å². The quantitative estimate of drug-likeness (QED) is 0.185. The number of nitrogens with zero attached hydrogens (tertiary/aromatic N) is 1. The number of ether oxygens (including phenoxy) is 1. The normalized spacial score (nSPS) is 26.7. The summed E-state index contributed by atoms with van der Waals surface area (Å²) in [6.07, 6.45) is 0.106. The van der Waals surface area contributed by atoms with Crippen LogP contribution in [0, 0.1) is 69.1 Å². The summed E-state index contributed by atoms with van der Waals surface area (Å²) < 4.78 is 5.77. The van der Waals surface area contributed by atoms with E-state index in [0.717, 1.165) is 16.7 Å². The molecule has 3 aliphatic rings. The number of aliphatic hydroxyl groups excluding tert-OH is 2. The molecule has 4 atom stereocenters. The van der Waals surface area contributed by atoms with Crippen LogP contribution in [0.3, 0.4) is 0 Å². The summed E-state index contributed by atoms with van der Waals surface area (Å²) in [5, 5.41) is 35.6. The van der Waals surface area contributed by atoms with Crippen LogP contribution < -0.4 is 16.2 Å². The van der Waals surface area contributed by atoms with Crippen LogP contribution in [0.5, 0.6) is 5.75 Å². The van der Waals surface area contributed by atoms with Gasteiger partial charge < -0.3 is 50.3 Å². The minimum absolute atomic E-state index is 0. The van der Waals surface area contributed by atoms with E-state index in [9.17, 15) is 29.7 Å². The number of hydrogen-bond donors (Lipinski definition) is 5. The number of carbonyl (C=O) groups excluding carboxylic acids is 3. The van der Waals surface area contributed by atoms with Crippen molar-refractivity contribution in [3.8, 4) is 16.9 Å². The average molecular weight is 882 g/mol. The molecule has 1 saturated carbocycles. The molecule has 10 nitrogen and oxygen atoms in total. The fourth-order valence-electron chi connectivity index (χ4n) is 8.19. The summed E-state index contributed by atoms with van der Waals surface area (Å²) in [4.78, 5) is 42.9. The van der Waals surface area contributed by atoms with Gasteiger partial charge in [0.1, 0.15) is 22.8 Å². The Hall–Kier alpha value is -2.94. The zero-order valence-electron chi connectivity index (χ0n) is 28.3. The van der Waals surface area contributed by atoms with Crippen LogP contribution in [0.4, 0.5) is 0 Å². The molecule has 1 fully saturated rings. The number of primary amides is 1. The van der Waals surface area contributed by atoms with Crippen LogP contribution in [0.2, 0.25) is 0 Å². The predicted octanol–water partition coefficient (Wildman–Crippen LogP) is 3.92. The number of rotatable bonds is 9. The fraction of sp³-hybridized carbons (Fsp3) is 0.432. The molecule has 2 aromatic carbocycles. The smallest absolute Gasteiger partial charge is 0.508 e. The molecule has 5 rings (SSSR count). The number of aryl methyl sites for hydroxylation is 1. The van der Waals surface area contributed by atoms with Crippen molar-refractivity contribution in [2.75, 3.05) is 20.2 Å². The Bertz CT molecular complexity index is 1750. The van der Waals surface area contributed by atoms with Gasteiger partial charge in [0.25, 0.3) is 5.91 Å². The summed E-state index contributed by atoms with van der Waals surface area (Å²) in [7, 11) is 1.58. The van der Waals surface area contributed by atoms with Crippen molar-refractivity contribution in [2.45, 2.75) is 64.6 Å². The van der Waals surface area contributed by atoms with E-state index in [1.54, 1.807) is 21.0 Å². The van der Waals surface area contributed by atoms with Crippen LogP contribution in [-0.4, -0.2) is 69.0 Å². The maximum atomic E-state index is 14.6. The molecule has 7 N–H and O–H groups in total.